The molecule has 0 aliphatic carbocycles. The first-order chi connectivity index (χ1) is 23.4. The maximum absolute atomic E-state index is 5.70. The van der Waals surface area contributed by atoms with Crippen LogP contribution in [0.3, 0.4) is 0 Å². The molecule has 5 aromatic carbocycles. The molecule has 5 heterocycles. The summed E-state index contributed by atoms with van der Waals surface area (Å²) in [5.41, 5.74) is 14.7. The molecule has 10 rings (SSSR count). The molecule has 0 amide bonds. The Balaban J connectivity index is 1.36. The molecule has 4 aliphatic heterocycles. The van der Waals surface area contributed by atoms with Gasteiger partial charge in [-0.05, 0) is 46.5 Å². The summed E-state index contributed by atoms with van der Waals surface area (Å²) in [5, 5.41) is 14.2. The molecule has 4 aliphatic rings. The number of fused-ring (bicyclic) bond motifs is 10. The first-order valence-electron chi connectivity index (χ1n) is 16.7. The van der Waals surface area contributed by atoms with Gasteiger partial charge in [0.25, 0.3) is 0 Å². The van der Waals surface area contributed by atoms with Crippen molar-refractivity contribution in [3.05, 3.63) is 119 Å². The summed E-state index contributed by atoms with van der Waals surface area (Å²) in [6.07, 6.45) is 0. The highest BCUT2D eigenvalue weighted by Gasteiger charge is 2.42. The molecule has 0 atom stereocenters. The molecule has 6 aromatic rings. The lowest BCUT2D eigenvalue weighted by molar-refractivity contribution is 0.629. The number of nitrogens with one attached hydrogen (secondary N) is 4. The molecule has 1 aromatic heterocycles. The van der Waals surface area contributed by atoms with Gasteiger partial charge in [0.05, 0.1) is 58.8 Å². The van der Waals surface area contributed by atoms with Crippen molar-refractivity contribution in [2.24, 2.45) is 0 Å². The number of para-hydroxylation sites is 4. The number of hydrogen-bond donors (Lipinski definition) is 4. The normalized spacial score (nSPS) is 17.1. The average Bonchev–Trinajstić information content (AvgIpc) is 3.80. The smallest absolute Gasteiger partial charge is 0.182 e. The van der Waals surface area contributed by atoms with Crippen LogP contribution in [0.4, 0.5) is 57.1 Å². The molecule has 0 radical (unpaired) electrons. The Morgan fingerprint density at radius 1 is 0.438 bits per heavy atom. The Bertz CT molecular complexity index is 2080. The van der Waals surface area contributed by atoms with Crippen LogP contribution < -0.4 is 31.1 Å². The highest BCUT2D eigenvalue weighted by molar-refractivity contribution is 6.15. The van der Waals surface area contributed by atoms with E-state index in [1.165, 1.54) is 22.3 Å². The first kappa shape index (κ1) is 27.4. The van der Waals surface area contributed by atoms with Crippen LogP contribution in [0, 0.1) is 0 Å². The number of nitrogens with zero attached hydrogens (tertiary/aromatic N) is 4. The van der Waals surface area contributed by atoms with E-state index in [1.807, 2.05) is 0 Å². The van der Waals surface area contributed by atoms with Crippen LogP contribution in [0.25, 0.3) is 11.0 Å². The first-order valence-corrected chi connectivity index (χ1v) is 16.7. The highest BCUT2D eigenvalue weighted by atomic mass is 15.3. The quantitative estimate of drug-likeness (QED) is 0.151. The van der Waals surface area contributed by atoms with Crippen LogP contribution in [0.5, 0.6) is 0 Å². The van der Waals surface area contributed by atoms with E-state index in [-0.39, 0.29) is 10.8 Å². The zero-order valence-electron chi connectivity index (χ0n) is 27.4. The minimum Gasteiger partial charge on any atom is -0.364 e. The van der Waals surface area contributed by atoms with E-state index < -0.39 is 0 Å². The van der Waals surface area contributed by atoms with Gasteiger partial charge in [0.15, 0.2) is 11.6 Å². The van der Waals surface area contributed by atoms with E-state index in [9.17, 15) is 0 Å². The molecular weight excluding hydrogens is 592 g/mol. The van der Waals surface area contributed by atoms with Gasteiger partial charge in [-0.3, -0.25) is 9.80 Å². The van der Waals surface area contributed by atoms with Gasteiger partial charge in [0.2, 0.25) is 0 Å². The largest absolute Gasteiger partial charge is 0.364 e. The van der Waals surface area contributed by atoms with E-state index in [0.29, 0.717) is 13.3 Å². The van der Waals surface area contributed by atoms with E-state index in [2.05, 4.69) is 156 Å². The number of rotatable bonds is 2. The summed E-state index contributed by atoms with van der Waals surface area (Å²) >= 11 is 0. The van der Waals surface area contributed by atoms with E-state index in [0.717, 1.165) is 68.2 Å². The van der Waals surface area contributed by atoms with Crippen LogP contribution in [0.1, 0.15) is 49.9 Å². The molecule has 0 saturated heterocycles. The summed E-state index contributed by atoms with van der Waals surface area (Å²) in [4.78, 5) is 16.1. The zero-order chi connectivity index (χ0) is 32.4. The Kier molecular flexibility index (Phi) is 5.36. The molecule has 0 spiro atoms. The Morgan fingerprint density at radius 2 is 0.729 bits per heavy atom. The van der Waals surface area contributed by atoms with Gasteiger partial charge in [0, 0.05) is 10.8 Å². The van der Waals surface area contributed by atoms with E-state index >= 15 is 0 Å². The molecule has 0 saturated carbocycles. The van der Waals surface area contributed by atoms with Crippen molar-refractivity contribution in [3.63, 3.8) is 0 Å². The zero-order valence-corrected chi connectivity index (χ0v) is 27.4. The third-order valence-corrected chi connectivity index (χ3v) is 10.8. The maximum atomic E-state index is 5.70. The predicted molar refractivity (Wildman–Crippen MR) is 197 cm³/mol. The summed E-state index contributed by atoms with van der Waals surface area (Å²) in [7, 11) is 0. The molecule has 0 bridgehead atoms. The van der Waals surface area contributed by atoms with Gasteiger partial charge >= 0.3 is 0 Å². The van der Waals surface area contributed by atoms with Crippen molar-refractivity contribution in [2.45, 2.75) is 38.5 Å². The average molecular weight is 629 g/mol. The predicted octanol–water partition coefficient (Wildman–Crippen LogP) is 9.44. The maximum Gasteiger partial charge on any atom is 0.182 e. The fourth-order valence-corrected chi connectivity index (χ4v) is 8.49. The molecule has 0 unspecified atom stereocenters. The Labute approximate surface area is 279 Å². The number of benzene rings is 5. The third-order valence-electron chi connectivity index (χ3n) is 10.8. The lowest BCUT2D eigenvalue weighted by Crippen LogP contribution is -2.34. The molecule has 236 valence electrons. The van der Waals surface area contributed by atoms with Gasteiger partial charge in [-0.15, -0.1) is 0 Å². The SMILES string of the molecule is CC1(C)c2ccccc2N(c2nc3c4c(c5c(c3nc2N2c3ccccc3C(C)(C)c3ccccc32)NCN5)NCN4)c2ccccc21. The van der Waals surface area contributed by atoms with Crippen LogP contribution in [-0.4, -0.2) is 23.3 Å². The third kappa shape index (κ3) is 3.44. The van der Waals surface area contributed by atoms with Crippen LogP contribution in [-0.2, 0) is 10.8 Å². The standard InChI is InChI=1S/C40H36N8/c1-39(2)23-13-5-9-17-27(23)47(28-18-10-6-14-24(28)39)37-38(46-36-34-32(42-22-44-34)31-33(35(36)45-37)43-21-41-31)48-29-19-11-7-15-25(29)40(3,4)26-16-8-12-20-30(26)48/h5-20,41-44H,21-22H2,1-4H3. The summed E-state index contributed by atoms with van der Waals surface area (Å²) in [5.74, 6) is 1.56. The van der Waals surface area contributed by atoms with E-state index in [1.54, 1.807) is 0 Å². The summed E-state index contributed by atoms with van der Waals surface area (Å²) in [6.45, 7) is 10.5. The van der Waals surface area contributed by atoms with Gasteiger partial charge < -0.3 is 21.3 Å². The van der Waals surface area contributed by atoms with Gasteiger partial charge in [-0.2, -0.15) is 0 Å². The molecule has 4 N–H and O–H groups in total. The molecule has 48 heavy (non-hydrogen) atoms. The lowest BCUT2D eigenvalue weighted by Gasteiger charge is -2.44. The van der Waals surface area contributed by atoms with E-state index in [4.69, 9.17) is 9.97 Å². The second-order valence-electron chi connectivity index (χ2n) is 14.1. The van der Waals surface area contributed by atoms with Gasteiger partial charge in [0.1, 0.15) is 11.0 Å². The highest BCUT2D eigenvalue weighted by Crippen LogP contribution is 2.58. The second kappa shape index (κ2) is 9.41. The number of aromatic nitrogens is 2. The monoisotopic (exact) mass is 628 g/mol. The van der Waals surface area contributed by atoms with Crippen molar-refractivity contribution >= 4 is 68.2 Å². The van der Waals surface area contributed by atoms with Gasteiger partial charge in [-0.25, -0.2) is 9.97 Å². The van der Waals surface area contributed by atoms with Crippen LogP contribution >= 0.6 is 0 Å². The number of hydrogen-bond acceptors (Lipinski definition) is 8. The van der Waals surface area contributed by atoms with Crippen molar-refractivity contribution in [1.82, 2.24) is 9.97 Å². The summed E-state index contributed by atoms with van der Waals surface area (Å²) in [6, 6.07) is 35.0. The minimum absolute atomic E-state index is 0.203. The fraction of sp³-hybridized carbons (Fsp3) is 0.200. The molecule has 0 fully saturated rings. The lowest BCUT2D eigenvalue weighted by atomic mass is 9.73. The summed E-state index contributed by atoms with van der Waals surface area (Å²) < 4.78 is 0. The van der Waals surface area contributed by atoms with Gasteiger partial charge in [-0.1, -0.05) is 100 Å². The Hall–Kier alpha value is -5.76. The van der Waals surface area contributed by atoms with Crippen molar-refractivity contribution < 1.29 is 0 Å². The molecule has 8 nitrogen and oxygen atoms in total. The van der Waals surface area contributed by atoms with Crippen molar-refractivity contribution in [1.29, 1.82) is 0 Å². The van der Waals surface area contributed by atoms with Crippen LogP contribution in [0.15, 0.2) is 97.1 Å². The molecule has 8 heteroatoms. The topological polar surface area (TPSA) is 80.4 Å². The fourth-order valence-electron chi connectivity index (χ4n) is 8.49. The van der Waals surface area contributed by atoms with Crippen molar-refractivity contribution in [3.8, 4) is 0 Å². The van der Waals surface area contributed by atoms with Crippen LogP contribution in [0.2, 0.25) is 0 Å². The number of anilines is 10. The Morgan fingerprint density at radius 3 is 1.06 bits per heavy atom. The minimum atomic E-state index is -0.203. The molecular formula is C40H36N8. The van der Waals surface area contributed by atoms with Crippen molar-refractivity contribution in [2.75, 3.05) is 44.4 Å². The second-order valence-corrected chi connectivity index (χ2v) is 14.1.